The van der Waals surface area contributed by atoms with Gasteiger partial charge in [-0.15, -0.1) is 16.4 Å². The average Bonchev–Trinajstić information content (AvgIpc) is 3.35. The Morgan fingerprint density at radius 1 is 1.15 bits per heavy atom. The third-order valence-electron chi connectivity index (χ3n) is 5.42. The molecule has 0 radical (unpaired) electrons. The molecular weight excluding hydrogens is 346 g/mol. The Hall–Kier alpha value is -2.28. The van der Waals surface area contributed by atoms with E-state index in [0.717, 1.165) is 61.7 Å². The van der Waals surface area contributed by atoms with Crippen LogP contribution in [0.1, 0.15) is 30.5 Å². The summed E-state index contributed by atoms with van der Waals surface area (Å²) in [5.41, 5.74) is 2.46. The highest BCUT2D eigenvalue weighted by atomic mass is 32.1. The first-order valence-corrected chi connectivity index (χ1v) is 10.2. The molecular formula is C19H21N5OS. The lowest BCUT2D eigenvalue weighted by atomic mass is 9.97. The monoisotopic (exact) mass is 367 g/mol. The molecule has 0 aromatic carbocycles. The van der Waals surface area contributed by atoms with E-state index in [2.05, 4.69) is 42.6 Å². The lowest BCUT2D eigenvalue weighted by Gasteiger charge is -2.32. The van der Waals surface area contributed by atoms with Gasteiger partial charge in [0.25, 0.3) is 0 Å². The van der Waals surface area contributed by atoms with Crippen LogP contribution in [0, 0.1) is 5.92 Å². The van der Waals surface area contributed by atoms with Crippen LogP contribution >= 0.6 is 11.3 Å². The maximum absolute atomic E-state index is 5.95. The van der Waals surface area contributed by atoms with E-state index in [1.807, 2.05) is 0 Å². The molecule has 4 heterocycles. The highest BCUT2D eigenvalue weighted by Crippen LogP contribution is 2.30. The minimum absolute atomic E-state index is 0.557. The number of aryl methyl sites for hydroxylation is 2. The molecule has 0 atom stereocenters. The number of thiophene rings is 1. The summed E-state index contributed by atoms with van der Waals surface area (Å²) in [6.07, 6.45) is 7.24. The van der Waals surface area contributed by atoms with E-state index in [4.69, 9.17) is 4.74 Å². The van der Waals surface area contributed by atoms with Crippen LogP contribution < -0.4 is 9.64 Å². The Labute approximate surface area is 156 Å². The van der Waals surface area contributed by atoms with Crippen molar-refractivity contribution in [1.29, 1.82) is 0 Å². The van der Waals surface area contributed by atoms with Gasteiger partial charge in [0, 0.05) is 19.2 Å². The molecule has 2 aliphatic rings. The van der Waals surface area contributed by atoms with Gasteiger partial charge in [0.05, 0.1) is 17.7 Å². The second kappa shape index (κ2) is 6.79. The van der Waals surface area contributed by atoms with Crippen molar-refractivity contribution in [2.75, 3.05) is 24.6 Å². The number of ether oxygens (including phenoxy) is 1. The number of hydrogen-bond acceptors (Lipinski definition) is 7. The highest BCUT2D eigenvalue weighted by molar-refractivity contribution is 7.16. The Bertz CT molecular complexity index is 919. The smallest absolute Gasteiger partial charge is 0.233 e. The summed E-state index contributed by atoms with van der Waals surface area (Å²) >= 11 is 1.67. The quantitative estimate of drug-likeness (QED) is 0.705. The molecule has 134 valence electrons. The second-order valence-corrected chi connectivity index (χ2v) is 7.98. The summed E-state index contributed by atoms with van der Waals surface area (Å²) < 4.78 is 5.95. The molecule has 3 aromatic heterocycles. The number of piperidine rings is 1. The second-order valence-electron chi connectivity index (χ2n) is 7.09. The number of nitrogens with zero attached hydrogens (tertiary/aromatic N) is 5. The van der Waals surface area contributed by atoms with Gasteiger partial charge in [0.15, 0.2) is 0 Å². The summed E-state index contributed by atoms with van der Waals surface area (Å²) in [4.78, 5) is 12.3. The summed E-state index contributed by atoms with van der Waals surface area (Å²) in [6, 6.07) is 4.20. The van der Waals surface area contributed by atoms with Gasteiger partial charge in [-0.2, -0.15) is 5.10 Å². The molecule has 0 bridgehead atoms. The zero-order chi connectivity index (χ0) is 17.3. The number of anilines is 1. The van der Waals surface area contributed by atoms with E-state index in [9.17, 15) is 0 Å². The van der Waals surface area contributed by atoms with Gasteiger partial charge in [-0.25, -0.2) is 9.97 Å². The number of hydrogen-bond donors (Lipinski definition) is 0. The minimum atomic E-state index is 0.557. The van der Waals surface area contributed by atoms with Crippen LogP contribution in [0.2, 0.25) is 0 Å². The Morgan fingerprint density at radius 2 is 2.08 bits per heavy atom. The maximum atomic E-state index is 5.95. The molecule has 1 saturated heterocycles. The fourth-order valence-corrected chi connectivity index (χ4v) is 4.65. The zero-order valence-electron chi connectivity index (χ0n) is 14.6. The maximum Gasteiger partial charge on any atom is 0.233 e. The molecule has 26 heavy (non-hydrogen) atoms. The zero-order valence-corrected chi connectivity index (χ0v) is 15.4. The van der Waals surface area contributed by atoms with Crippen molar-refractivity contribution in [3.8, 4) is 5.88 Å². The van der Waals surface area contributed by atoms with Crippen molar-refractivity contribution in [1.82, 2.24) is 20.2 Å². The largest absolute Gasteiger partial charge is 0.476 e. The number of fused-ring (bicyclic) bond motifs is 2. The first-order chi connectivity index (χ1) is 12.9. The molecule has 5 rings (SSSR count). The molecule has 6 nitrogen and oxygen atoms in total. The number of rotatable bonds is 4. The molecule has 1 aliphatic heterocycles. The molecule has 0 spiro atoms. The Kier molecular flexibility index (Phi) is 4.16. The van der Waals surface area contributed by atoms with Crippen LogP contribution in [0.25, 0.3) is 10.2 Å². The summed E-state index contributed by atoms with van der Waals surface area (Å²) in [5.74, 6) is 2.31. The van der Waals surface area contributed by atoms with Crippen molar-refractivity contribution in [3.05, 3.63) is 35.1 Å². The van der Waals surface area contributed by atoms with Gasteiger partial charge in [-0.05, 0) is 55.0 Å². The van der Waals surface area contributed by atoms with Crippen LogP contribution in [-0.4, -0.2) is 39.9 Å². The van der Waals surface area contributed by atoms with Crippen LogP contribution in [0.15, 0.2) is 23.8 Å². The molecule has 1 aliphatic carbocycles. The van der Waals surface area contributed by atoms with Crippen LogP contribution in [0.3, 0.4) is 0 Å². The normalized spacial score (nSPS) is 17.6. The lowest BCUT2D eigenvalue weighted by molar-refractivity contribution is 0.214. The van der Waals surface area contributed by atoms with Crippen LogP contribution in [0.5, 0.6) is 5.88 Å². The fraction of sp³-hybridized carbons (Fsp3) is 0.474. The topological polar surface area (TPSA) is 64.0 Å². The highest BCUT2D eigenvalue weighted by Gasteiger charge is 2.23. The van der Waals surface area contributed by atoms with Gasteiger partial charge in [-0.3, -0.25) is 0 Å². The first kappa shape index (κ1) is 15.9. The molecule has 0 amide bonds. The minimum Gasteiger partial charge on any atom is -0.476 e. The van der Waals surface area contributed by atoms with E-state index >= 15 is 0 Å². The van der Waals surface area contributed by atoms with Crippen molar-refractivity contribution in [2.45, 2.75) is 32.1 Å². The van der Waals surface area contributed by atoms with Crippen molar-refractivity contribution < 1.29 is 4.74 Å². The lowest BCUT2D eigenvalue weighted by Crippen LogP contribution is -2.36. The van der Waals surface area contributed by atoms with Crippen LogP contribution in [0.4, 0.5) is 5.82 Å². The predicted octanol–water partition coefficient (Wildman–Crippen LogP) is 3.27. The summed E-state index contributed by atoms with van der Waals surface area (Å²) in [6.45, 7) is 2.73. The number of aromatic nitrogens is 4. The first-order valence-electron chi connectivity index (χ1n) is 9.28. The van der Waals surface area contributed by atoms with Gasteiger partial charge in [0.1, 0.15) is 17.0 Å². The van der Waals surface area contributed by atoms with Crippen molar-refractivity contribution >= 4 is 27.4 Å². The third-order valence-corrected chi connectivity index (χ3v) is 6.24. The van der Waals surface area contributed by atoms with Gasteiger partial charge >= 0.3 is 0 Å². The van der Waals surface area contributed by atoms with Gasteiger partial charge in [0.2, 0.25) is 5.88 Å². The van der Waals surface area contributed by atoms with Crippen LogP contribution in [-0.2, 0) is 12.8 Å². The van der Waals surface area contributed by atoms with Crippen molar-refractivity contribution in [2.24, 2.45) is 5.92 Å². The van der Waals surface area contributed by atoms with Gasteiger partial charge in [-0.1, -0.05) is 0 Å². The average molecular weight is 367 g/mol. The fourth-order valence-electron chi connectivity index (χ4n) is 3.92. The molecule has 7 heteroatoms. The molecule has 1 fully saturated rings. The molecule has 3 aromatic rings. The molecule has 0 unspecified atom stereocenters. The van der Waals surface area contributed by atoms with Gasteiger partial charge < -0.3 is 9.64 Å². The third kappa shape index (κ3) is 3.00. The Morgan fingerprint density at radius 3 is 3.00 bits per heavy atom. The van der Waals surface area contributed by atoms with E-state index < -0.39 is 0 Å². The summed E-state index contributed by atoms with van der Waals surface area (Å²) in [5, 5.41) is 11.8. The SMILES string of the molecule is c1nc(N2CCC(COc3cc4c(nn3)CCC4)CC2)c2ccsc2n1. The van der Waals surface area contributed by atoms with E-state index in [1.165, 1.54) is 17.4 Å². The summed E-state index contributed by atoms with van der Waals surface area (Å²) in [7, 11) is 0. The van der Waals surface area contributed by atoms with E-state index in [0.29, 0.717) is 11.8 Å². The van der Waals surface area contributed by atoms with Crippen molar-refractivity contribution in [3.63, 3.8) is 0 Å². The van der Waals surface area contributed by atoms with E-state index in [-0.39, 0.29) is 0 Å². The van der Waals surface area contributed by atoms with E-state index in [1.54, 1.807) is 17.7 Å². The predicted molar refractivity (Wildman–Crippen MR) is 102 cm³/mol. The Balaban J connectivity index is 1.19. The molecule has 0 saturated carbocycles. The molecule has 0 N–H and O–H groups in total. The standard InChI is InChI=1S/C19H21N5OS/c1-2-14-10-17(23-22-16(14)3-1)25-11-13-4-7-24(8-5-13)18-15-6-9-26-19(15)21-12-20-18/h6,9-10,12-13H,1-5,7-8,11H2.